The van der Waals surface area contributed by atoms with Crippen LogP contribution in [0.1, 0.15) is 6.42 Å². The SMILES string of the molecule is Nc1noc2c(N3CCC(N)C3)ncc(Cl)c12. The lowest BCUT2D eigenvalue weighted by atomic mass is 10.3. The van der Waals surface area contributed by atoms with E-state index in [0.717, 1.165) is 19.5 Å². The number of nitrogens with zero attached hydrogens (tertiary/aromatic N) is 3. The zero-order valence-corrected chi connectivity index (χ0v) is 9.81. The van der Waals surface area contributed by atoms with Crippen molar-refractivity contribution < 1.29 is 4.52 Å². The summed E-state index contributed by atoms with van der Waals surface area (Å²) >= 11 is 6.03. The molecular weight excluding hydrogens is 242 g/mol. The van der Waals surface area contributed by atoms with Gasteiger partial charge in [0.1, 0.15) is 0 Å². The number of nitrogen functional groups attached to an aromatic ring is 1. The number of hydrogen-bond acceptors (Lipinski definition) is 6. The molecule has 0 radical (unpaired) electrons. The van der Waals surface area contributed by atoms with Crippen LogP contribution < -0.4 is 16.4 Å². The molecule has 1 unspecified atom stereocenters. The molecule has 3 heterocycles. The van der Waals surface area contributed by atoms with Gasteiger partial charge in [-0.05, 0) is 6.42 Å². The summed E-state index contributed by atoms with van der Waals surface area (Å²) in [5.41, 5.74) is 12.1. The maximum absolute atomic E-state index is 6.03. The Kier molecular flexibility index (Phi) is 2.34. The molecule has 0 aliphatic carbocycles. The van der Waals surface area contributed by atoms with Crippen LogP contribution in [0.2, 0.25) is 5.02 Å². The number of fused-ring (bicyclic) bond motifs is 1. The Morgan fingerprint density at radius 2 is 2.35 bits per heavy atom. The fraction of sp³-hybridized carbons (Fsp3) is 0.400. The third-order valence-corrected chi connectivity index (χ3v) is 3.27. The molecule has 3 rings (SSSR count). The summed E-state index contributed by atoms with van der Waals surface area (Å²) < 4.78 is 5.20. The largest absolute Gasteiger partial charge is 0.380 e. The Balaban J connectivity index is 2.14. The van der Waals surface area contributed by atoms with Crippen LogP contribution in [0.5, 0.6) is 0 Å². The summed E-state index contributed by atoms with van der Waals surface area (Å²) in [7, 11) is 0. The van der Waals surface area contributed by atoms with Gasteiger partial charge in [-0.15, -0.1) is 0 Å². The first-order valence-electron chi connectivity index (χ1n) is 5.36. The van der Waals surface area contributed by atoms with Crippen LogP contribution in [0, 0.1) is 0 Å². The molecule has 1 fully saturated rings. The van der Waals surface area contributed by atoms with Gasteiger partial charge in [0, 0.05) is 25.3 Å². The number of rotatable bonds is 1. The van der Waals surface area contributed by atoms with Crippen molar-refractivity contribution in [2.75, 3.05) is 23.7 Å². The fourth-order valence-corrected chi connectivity index (χ4v) is 2.36. The molecule has 0 saturated carbocycles. The zero-order chi connectivity index (χ0) is 12.0. The van der Waals surface area contributed by atoms with Crippen LogP contribution in [-0.2, 0) is 0 Å². The zero-order valence-electron chi connectivity index (χ0n) is 9.06. The Labute approximate surface area is 102 Å². The van der Waals surface area contributed by atoms with Crippen LogP contribution in [0.4, 0.5) is 11.6 Å². The lowest BCUT2D eigenvalue weighted by Crippen LogP contribution is -2.26. The lowest BCUT2D eigenvalue weighted by molar-refractivity contribution is 0.459. The van der Waals surface area contributed by atoms with E-state index in [-0.39, 0.29) is 11.9 Å². The van der Waals surface area contributed by atoms with E-state index in [0.29, 0.717) is 21.8 Å². The van der Waals surface area contributed by atoms with Gasteiger partial charge >= 0.3 is 0 Å². The molecule has 2 aromatic heterocycles. The first-order valence-corrected chi connectivity index (χ1v) is 5.74. The van der Waals surface area contributed by atoms with Crippen LogP contribution >= 0.6 is 11.6 Å². The summed E-state index contributed by atoms with van der Waals surface area (Å²) in [5, 5.41) is 4.80. The number of hydrogen-bond donors (Lipinski definition) is 2. The van der Waals surface area contributed by atoms with Gasteiger partial charge in [0.15, 0.2) is 11.6 Å². The maximum atomic E-state index is 6.03. The highest BCUT2D eigenvalue weighted by molar-refractivity contribution is 6.36. The van der Waals surface area contributed by atoms with Gasteiger partial charge in [-0.1, -0.05) is 16.8 Å². The third kappa shape index (κ3) is 1.60. The Hall–Kier alpha value is -1.53. The van der Waals surface area contributed by atoms with Crippen molar-refractivity contribution in [2.45, 2.75) is 12.5 Å². The van der Waals surface area contributed by atoms with E-state index in [1.54, 1.807) is 6.20 Å². The fourth-order valence-electron chi connectivity index (χ4n) is 2.13. The number of pyridine rings is 1. The Bertz CT molecular complexity index is 569. The second-order valence-electron chi connectivity index (χ2n) is 4.20. The van der Waals surface area contributed by atoms with Gasteiger partial charge in [0.05, 0.1) is 10.4 Å². The number of halogens is 1. The minimum absolute atomic E-state index is 0.169. The molecule has 0 amide bonds. The minimum atomic E-state index is 0.169. The molecule has 1 aliphatic rings. The van der Waals surface area contributed by atoms with Crippen LogP contribution in [0.25, 0.3) is 11.0 Å². The highest BCUT2D eigenvalue weighted by atomic mass is 35.5. The number of aromatic nitrogens is 2. The van der Waals surface area contributed by atoms with E-state index in [1.807, 2.05) is 0 Å². The molecule has 90 valence electrons. The molecule has 17 heavy (non-hydrogen) atoms. The van der Waals surface area contributed by atoms with Crippen LogP contribution in [0.3, 0.4) is 0 Å². The van der Waals surface area contributed by atoms with E-state index in [1.165, 1.54) is 0 Å². The maximum Gasteiger partial charge on any atom is 0.212 e. The van der Waals surface area contributed by atoms with Gasteiger partial charge in [-0.25, -0.2) is 4.98 Å². The molecule has 0 bridgehead atoms. The Morgan fingerprint density at radius 1 is 1.53 bits per heavy atom. The van der Waals surface area contributed by atoms with E-state index in [2.05, 4.69) is 15.0 Å². The molecular formula is C10H12ClN5O. The van der Waals surface area contributed by atoms with Crippen molar-refractivity contribution in [1.29, 1.82) is 0 Å². The normalized spacial score (nSPS) is 20.4. The smallest absolute Gasteiger partial charge is 0.212 e. The predicted molar refractivity (Wildman–Crippen MR) is 66.0 cm³/mol. The van der Waals surface area contributed by atoms with Crippen molar-refractivity contribution in [1.82, 2.24) is 10.1 Å². The number of nitrogens with two attached hydrogens (primary N) is 2. The van der Waals surface area contributed by atoms with Gasteiger partial charge < -0.3 is 20.9 Å². The van der Waals surface area contributed by atoms with Crippen molar-refractivity contribution >= 4 is 34.2 Å². The van der Waals surface area contributed by atoms with Crippen molar-refractivity contribution in [2.24, 2.45) is 5.73 Å². The molecule has 1 saturated heterocycles. The highest BCUT2D eigenvalue weighted by Crippen LogP contribution is 2.34. The molecule has 4 N–H and O–H groups in total. The van der Waals surface area contributed by atoms with Gasteiger partial charge in [-0.3, -0.25) is 0 Å². The monoisotopic (exact) mass is 253 g/mol. The van der Waals surface area contributed by atoms with Crippen molar-refractivity contribution in [3.63, 3.8) is 0 Å². The molecule has 7 heteroatoms. The summed E-state index contributed by atoms with van der Waals surface area (Å²) in [5.74, 6) is 0.999. The lowest BCUT2D eigenvalue weighted by Gasteiger charge is -2.16. The highest BCUT2D eigenvalue weighted by Gasteiger charge is 2.25. The molecule has 1 atom stereocenters. The van der Waals surface area contributed by atoms with Crippen LogP contribution in [-0.4, -0.2) is 29.3 Å². The first-order chi connectivity index (χ1) is 8.16. The number of anilines is 2. The molecule has 2 aromatic rings. The Morgan fingerprint density at radius 3 is 3.06 bits per heavy atom. The summed E-state index contributed by atoms with van der Waals surface area (Å²) in [6.45, 7) is 1.61. The van der Waals surface area contributed by atoms with Crippen molar-refractivity contribution in [3.8, 4) is 0 Å². The standard InChI is InChI=1S/C10H12ClN5O/c11-6-3-14-10(16-2-1-5(12)4-16)8-7(6)9(13)15-17-8/h3,5H,1-2,4,12H2,(H2,13,15). The average Bonchev–Trinajstić information content (AvgIpc) is 2.87. The van der Waals surface area contributed by atoms with E-state index >= 15 is 0 Å². The molecule has 1 aliphatic heterocycles. The average molecular weight is 254 g/mol. The molecule has 0 spiro atoms. The van der Waals surface area contributed by atoms with E-state index in [9.17, 15) is 0 Å². The second-order valence-corrected chi connectivity index (χ2v) is 4.60. The quantitative estimate of drug-likeness (QED) is 0.787. The minimum Gasteiger partial charge on any atom is -0.380 e. The molecule has 6 nitrogen and oxygen atoms in total. The van der Waals surface area contributed by atoms with E-state index in [4.69, 9.17) is 27.6 Å². The summed E-state index contributed by atoms with van der Waals surface area (Å²) in [4.78, 5) is 6.35. The molecule has 0 aromatic carbocycles. The third-order valence-electron chi connectivity index (χ3n) is 2.98. The van der Waals surface area contributed by atoms with Gasteiger partial charge in [0.25, 0.3) is 0 Å². The predicted octanol–water partition coefficient (Wildman–Crippen LogP) is 0.996. The van der Waals surface area contributed by atoms with Crippen molar-refractivity contribution in [3.05, 3.63) is 11.2 Å². The van der Waals surface area contributed by atoms with Gasteiger partial charge in [0.2, 0.25) is 5.58 Å². The van der Waals surface area contributed by atoms with Crippen LogP contribution in [0.15, 0.2) is 10.7 Å². The summed E-state index contributed by atoms with van der Waals surface area (Å²) in [6, 6.07) is 0.169. The summed E-state index contributed by atoms with van der Waals surface area (Å²) in [6.07, 6.45) is 2.51. The van der Waals surface area contributed by atoms with E-state index < -0.39 is 0 Å². The van der Waals surface area contributed by atoms with Gasteiger partial charge in [-0.2, -0.15) is 0 Å². The second kappa shape index (κ2) is 3.75. The topological polar surface area (TPSA) is 94.2 Å². The first kappa shape index (κ1) is 10.6.